The van der Waals surface area contributed by atoms with E-state index in [-0.39, 0.29) is 23.6 Å². The third kappa shape index (κ3) is 6.06. The Morgan fingerprint density at radius 1 is 0.909 bits per heavy atom. The van der Waals surface area contributed by atoms with E-state index in [0.29, 0.717) is 36.7 Å². The Morgan fingerprint density at radius 3 is 2.33 bits per heavy atom. The average Bonchev–Trinajstić information content (AvgIpc) is 3.66. The molecule has 3 amide bonds. The Hall–Kier alpha value is -2.57. The number of piperidine rings is 1. The van der Waals surface area contributed by atoms with Gasteiger partial charge in [-0.15, -0.1) is 0 Å². The van der Waals surface area contributed by atoms with Gasteiger partial charge in [-0.25, -0.2) is 0 Å². The molecule has 2 aliphatic heterocycles. The number of carbonyl (C=O) groups is 3. The molecule has 0 atom stereocenters. The highest BCUT2D eigenvalue weighted by Gasteiger charge is 2.30. The quantitative estimate of drug-likeness (QED) is 0.711. The van der Waals surface area contributed by atoms with Crippen LogP contribution in [0.2, 0.25) is 0 Å². The molecule has 7 nitrogen and oxygen atoms in total. The van der Waals surface area contributed by atoms with Crippen molar-refractivity contribution >= 4 is 29.1 Å². The van der Waals surface area contributed by atoms with Gasteiger partial charge in [0.25, 0.3) is 5.91 Å². The molecule has 1 N–H and O–H groups in total. The number of rotatable bonds is 6. The summed E-state index contributed by atoms with van der Waals surface area (Å²) in [4.78, 5) is 44.6. The summed E-state index contributed by atoms with van der Waals surface area (Å²) in [6.07, 6.45) is 6.59. The average molecular weight is 455 g/mol. The fourth-order valence-corrected chi connectivity index (χ4v) is 4.80. The molecule has 0 bridgehead atoms. The maximum atomic E-state index is 13.5. The first-order chi connectivity index (χ1) is 15.9. The molecule has 0 aromatic heterocycles. The molecular weight excluding hydrogens is 416 g/mol. The van der Waals surface area contributed by atoms with Crippen LogP contribution < -0.4 is 10.2 Å². The first-order valence-corrected chi connectivity index (χ1v) is 12.7. The van der Waals surface area contributed by atoms with Crippen molar-refractivity contribution in [2.75, 3.05) is 49.5 Å². The Labute approximate surface area is 197 Å². The van der Waals surface area contributed by atoms with Crippen molar-refractivity contribution in [2.45, 2.75) is 58.8 Å². The Balaban J connectivity index is 1.54. The predicted molar refractivity (Wildman–Crippen MR) is 130 cm³/mol. The number of benzene rings is 1. The lowest BCUT2D eigenvalue weighted by Gasteiger charge is -2.30. The molecule has 0 radical (unpaired) electrons. The smallest absolute Gasteiger partial charge is 0.256 e. The van der Waals surface area contributed by atoms with Crippen LogP contribution in [0.4, 0.5) is 11.4 Å². The van der Waals surface area contributed by atoms with Gasteiger partial charge in [-0.1, -0.05) is 13.8 Å². The van der Waals surface area contributed by atoms with E-state index in [1.807, 2.05) is 28.0 Å². The van der Waals surface area contributed by atoms with E-state index in [2.05, 4.69) is 24.1 Å². The molecule has 2 heterocycles. The molecule has 1 saturated carbocycles. The maximum Gasteiger partial charge on any atom is 0.256 e. The van der Waals surface area contributed by atoms with Gasteiger partial charge in [0.1, 0.15) is 0 Å². The van der Waals surface area contributed by atoms with Gasteiger partial charge in [0.15, 0.2) is 0 Å². The first-order valence-electron chi connectivity index (χ1n) is 12.7. The Bertz CT molecular complexity index is 874. The van der Waals surface area contributed by atoms with Gasteiger partial charge in [0.05, 0.1) is 5.56 Å². The van der Waals surface area contributed by atoms with Crippen LogP contribution in [-0.4, -0.2) is 66.8 Å². The van der Waals surface area contributed by atoms with E-state index in [9.17, 15) is 14.4 Å². The molecule has 2 saturated heterocycles. The van der Waals surface area contributed by atoms with E-state index in [1.54, 1.807) is 0 Å². The number of amides is 3. The minimum Gasteiger partial charge on any atom is -0.369 e. The van der Waals surface area contributed by atoms with Gasteiger partial charge in [0, 0.05) is 63.0 Å². The third-order valence-electron chi connectivity index (χ3n) is 6.86. The first kappa shape index (κ1) is 23.6. The van der Waals surface area contributed by atoms with Gasteiger partial charge < -0.3 is 20.0 Å². The second-order valence-corrected chi connectivity index (χ2v) is 10.2. The van der Waals surface area contributed by atoms with E-state index >= 15 is 0 Å². The summed E-state index contributed by atoms with van der Waals surface area (Å²) in [6.45, 7) is 8.66. The van der Waals surface area contributed by atoms with Crippen LogP contribution >= 0.6 is 0 Å². The van der Waals surface area contributed by atoms with E-state index in [1.165, 1.54) is 6.42 Å². The van der Waals surface area contributed by atoms with E-state index in [0.717, 1.165) is 64.0 Å². The largest absolute Gasteiger partial charge is 0.369 e. The number of likely N-dealkylation sites (tertiary alicyclic amines) is 1. The fraction of sp³-hybridized carbons (Fsp3) is 0.654. The normalized spacial score (nSPS) is 19.4. The lowest BCUT2D eigenvalue weighted by Crippen LogP contribution is -2.38. The molecule has 4 rings (SSSR count). The zero-order valence-corrected chi connectivity index (χ0v) is 20.1. The van der Waals surface area contributed by atoms with Crippen LogP contribution in [-0.2, 0) is 9.59 Å². The zero-order valence-electron chi connectivity index (χ0n) is 20.1. The number of nitrogens with one attached hydrogen (secondary N) is 1. The monoisotopic (exact) mass is 454 g/mol. The van der Waals surface area contributed by atoms with Crippen LogP contribution in [0.15, 0.2) is 18.2 Å². The SMILES string of the molecule is CC(C)CC(=O)N1CCCN(c2ccc(NC(=O)C3CC3)cc2C(=O)N2CCCCC2)CC1. The van der Waals surface area contributed by atoms with Crippen molar-refractivity contribution in [3.05, 3.63) is 23.8 Å². The molecule has 0 spiro atoms. The molecule has 3 aliphatic rings. The lowest BCUT2D eigenvalue weighted by molar-refractivity contribution is -0.131. The highest BCUT2D eigenvalue weighted by atomic mass is 16.2. The molecule has 180 valence electrons. The van der Waals surface area contributed by atoms with Crippen LogP contribution in [0.25, 0.3) is 0 Å². The number of carbonyl (C=O) groups excluding carboxylic acids is 3. The molecule has 3 fully saturated rings. The molecule has 1 aromatic rings. The molecule has 1 aliphatic carbocycles. The van der Waals surface area contributed by atoms with Crippen molar-refractivity contribution in [3.63, 3.8) is 0 Å². The fourth-order valence-electron chi connectivity index (χ4n) is 4.80. The van der Waals surface area contributed by atoms with Crippen molar-refractivity contribution in [1.29, 1.82) is 0 Å². The summed E-state index contributed by atoms with van der Waals surface area (Å²) in [6, 6.07) is 5.75. The van der Waals surface area contributed by atoms with Crippen LogP contribution in [0.3, 0.4) is 0 Å². The summed E-state index contributed by atoms with van der Waals surface area (Å²) >= 11 is 0. The van der Waals surface area contributed by atoms with E-state index in [4.69, 9.17) is 0 Å². The summed E-state index contributed by atoms with van der Waals surface area (Å²) in [5, 5.41) is 3.00. The summed E-state index contributed by atoms with van der Waals surface area (Å²) in [5.41, 5.74) is 2.26. The molecule has 0 unspecified atom stereocenters. The number of anilines is 2. The summed E-state index contributed by atoms with van der Waals surface area (Å²) < 4.78 is 0. The Morgan fingerprint density at radius 2 is 1.64 bits per heavy atom. The van der Waals surface area contributed by atoms with Crippen molar-refractivity contribution in [2.24, 2.45) is 11.8 Å². The van der Waals surface area contributed by atoms with E-state index < -0.39 is 0 Å². The predicted octanol–water partition coefficient (Wildman–Crippen LogP) is 3.75. The molecule has 1 aromatic carbocycles. The highest BCUT2D eigenvalue weighted by Crippen LogP contribution is 2.32. The topological polar surface area (TPSA) is 73.0 Å². The third-order valence-corrected chi connectivity index (χ3v) is 6.86. The second-order valence-electron chi connectivity index (χ2n) is 10.2. The van der Waals surface area contributed by atoms with Gasteiger partial charge >= 0.3 is 0 Å². The van der Waals surface area contributed by atoms with Gasteiger partial charge in [-0.05, 0) is 62.6 Å². The molecule has 7 heteroatoms. The van der Waals surface area contributed by atoms with Crippen LogP contribution in [0.5, 0.6) is 0 Å². The molecule has 33 heavy (non-hydrogen) atoms. The van der Waals surface area contributed by atoms with Gasteiger partial charge in [-0.2, -0.15) is 0 Å². The van der Waals surface area contributed by atoms with Gasteiger partial charge in [-0.3, -0.25) is 14.4 Å². The van der Waals surface area contributed by atoms with Crippen molar-refractivity contribution in [1.82, 2.24) is 9.80 Å². The minimum absolute atomic E-state index is 0.0456. The number of hydrogen-bond acceptors (Lipinski definition) is 4. The Kier molecular flexibility index (Phi) is 7.56. The minimum atomic E-state index is 0.0456. The summed E-state index contributed by atoms with van der Waals surface area (Å²) in [7, 11) is 0. The lowest BCUT2D eigenvalue weighted by atomic mass is 10.1. The highest BCUT2D eigenvalue weighted by molar-refractivity contribution is 6.02. The molecular formula is C26H38N4O3. The summed E-state index contributed by atoms with van der Waals surface area (Å²) in [5.74, 6) is 0.780. The zero-order chi connectivity index (χ0) is 23.4. The second kappa shape index (κ2) is 10.6. The number of nitrogens with zero attached hydrogens (tertiary/aromatic N) is 3. The standard InChI is InChI=1S/C26H38N4O3/c1-19(2)17-24(31)29-14-6-13-28(15-16-29)23-10-9-21(27-25(32)20-7-8-20)18-22(23)26(33)30-11-4-3-5-12-30/h9-10,18-20H,3-8,11-17H2,1-2H3,(H,27,32). The van der Waals surface area contributed by atoms with Crippen LogP contribution in [0.1, 0.15) is 69.2 Å². The maximum absolute atomic E-state index is 13.5. The van der Waals surface area contributed by atoms with Crippen molar-refractivity contribution < 1.29 is 14.4 Å². The van der Waals surface area contributed by atoms with Crippen LogP contribution in [0, 0.1) is 11.8 Å². The number of hydrogen-bond donors (Lipinski definition) is 1. The van der Waals surface area contributed by atoms with Gasteiger partial charge in [0.2, 0.25) is 11.8 Å². The van der Waals surface area contributed by atoms with Crippen molar-refractivity contribution in [3.8, 4) is 0 Å².